The third-order valence-corrected chi connectivity index (χ3v) is 9.12. The maximum atomic E-state index is 12.7. The van der Waals surface area contributed by atoms with E-state index in [-0.39, 0.29) is 22.8 Å². The van der Waals surface area contributed by atoms with Gasteiger partial charge in [0.25, 0.3) is 5.70 Å². The normalized spacial score (nSPS) is 11.7. The molecule has 0 radical (unpaired) electrons. The Labute approximate surface area is 326 Å². The number of carbonyl (C=O) groups excluding carboxylic acids is 2. The summed E-state index contributed by atoms with van der Waals surface area (Å²) in [7, 11) is 0. The summed E-state index contributed by atoms with van der Waals surface area (Å²) in [4.78, 5) is 32.8. The molecule has 1 aliphatic carbocycles. The standard InChI is InChI=1S/C28H19NO2.C22H15N3/c30-27-24-13-7-8-14-25(24)28(31)26(27)19-20-15-17-23(18-16-20)29(21-9-3-1-4-10-21)22-11-5-2-6-12-22;1-24-19(17-23)16-18-12-14-22(15-13-18)25(20-8-4-2-5-9-20)21-10-6-3-7-11-21/h1-19H;2-16H/b;19-16-. The lowest BCUT2D eigenvalue weighted by atomic mass is 10.1. The first-order valence-corrected chi connectivity index (χ1v) is 17.9. The van der Waals surface area contributed by atoms with Gasteiger partial charge in [0, 0.05) is 45.3 Å². The molecule has 0 amide bonds. The van der Waals surface area contributed by atoms with Gasteiger partial charge in [0.2, 0.25) is 0 Å². The monoisotopic (exact) mass is 722 g/mol. The molecule has 6 heteroatoms. The van der Waals surface area contributed by atoms with Crippen LogP contribution in [0.25, 0.3) is 17.0 Å². The number of benzene rings is 7. The fourth-order valence-electron chi connectivity index (χ4n) is 6.46. The molecule has 7 aromatic carbocycles. The molecule has 0 atom stereocenters. The number of nitriles is 1. The lowest BCUT2D eigenvalue weighted by Crippen LogP contribution is -2.09. The van der Waals surface area contributed by atoms with E-state index in [1.54, 1.807) is 36.4 Å². The second-order valence-corrected chi connectivity index (χ2v) is 12.7. The van der Waals surface area contributed by atoms with Crippen LogP contribution in [0.1, 0.15) is 31.8 Å². The number of hydrogen-bond acceptors (Lipinski definition) is 5. The van der Waals surface area contributed by atoms with E-state index in [0.29, 0.717) is 11.1 Å². The van der Waals surface area contributed by atoms with Gasteiger partial charge in [0.1, 0.15) is 0 Å². The minimum atomic E-state index is -0.208. The molecule has 8 rings (SSSR count). The van der Waals surface area contributed by atoms with Crippen LogP contribution in [-0.2, 0) is 0 Å². The minimum absolute atomic E-state index is 0.0794. The zero-order chi connectivity index (χ0) is 38.7. The molecular weight excluding hydrogens is 689 g/mol. The van der Waals surface area contributed by atoms with Crippen molar-refractivity contribution in [3.05, 3.63) is 239 Å². The Morgan fingerprint density at radius 2 is 0.786 bits per heavy atom. The smallest absolute Gasteiger partial charge is 0.262 e. The van der Waals surface area contributed by atoms with E-state index >= 15 is 0 Å². The third-order valence-electron chi connectivity index (χ3n) is 9.12. The topological polar surface area (TPSA) is 68.8 Å². The molecule has 0 saturated heterocycles. The van der Waals surface area contributed by atoms with Crippen molar-refractivity contribution in [3.8, 4) is 6.07 Å². The Balaban J connectivity index is 0.000000176. The summed E-state index contributed by atoms with van der Waals surface area (Å²) in [6.07, 6.45) is 3.27. The van der Waals surface area contributed by atoms with E-state index in [1.165, 1.54) is 0 Å². The number of allylic oxidation sites excluding steroid dienone is 2. The number of hydrogen-bond donors (Lipinski definition) is 0. The van der Waals surface area contributed by atoms with Gasteiger partial charge in [-0.1, -0.05) is 121 Å². The van der Waals surface area contributed by atoms with Gasteiger partial charge < -0.3 is 9.80 Å². The van der Waals surface area contributed by atoms with E-state index in [9.17, 15) is 9.59 Å². The molecule has 0 saturated carbocycles. The first kappa shape index (κ1) is 36.3. The fraction of sp³-hybridized carbons (Fsp3) is 0. The number of ketones is 2. The quantitative estimate of drug-likeness (QED) is 0.0676. The van der Waals surface area contributed by atoms with E-state index in [1.807, 2.05) is 127 Å². The highest BCUT2D eigenvalue weighted by molar-refractivity contribution is 6.41. The average Bonchev–Trinajstić information content (AvgIpc) is 3.50. The van der Waals surface area contributed by atoms with Gasteiger partial charge in [0.05, 0.1) is 18.2 Å². The molecule has 0 heterocycles. The van der Waals surface area contributed by atoms with Crippen molar-refractivity contribution >= 4 is 57.8 Å². The van der Waals surface area contributed by atoms with Gasteiger partial charge in [0.15, 0.2) is 11.6 Å². The maximum Gasteiger partial charge on any atom is 0.262 e. The summed E-state index contributed by atoms with van der Waals surface area (Å²) >= 11 is 0. The van der Waals surface area contributed by atoms with E-state index in [4.69, 9.17) is 11.8 Å². The molecule has 0 fully saturated rings. The van der Waals surface area contributed by atoms with Gasteiger partial charge >= 0.3 is 0 Å². The van der Waals surface area contributed by atoms with Crippen molar-refractivity contribution in [3.63, 3.8) is 0 Å². The maximum absolute atomic E-state index is 12.7. The summed E-state index contributed by atoms with van der Waals surface area (Å²) in [6.45, 7) is 6.97. The Bertz CT molecular complexity index is 2470. The van der Waals surface area contributed by atoms with Crippen molar-refractivity contribution in [2.45, 2.75) is 0 Å². The highest BCUT2D eigenvalue weighted by Crippen LogP contribution is 2.36. The van der Waals surface area contributed by atoms with Gasteiger partial charge in [-0.2, -0.15) is 0 Å². The van der Waals surface area contributed by atoms with Crippen LogP contribution < -0.4 is 9.80 Å². The van der Waals surface area contributed by atoms with Gasteiger partial charge in [-0.3, -0.25) is 9.59 Å². The molecule has 0 N–H and O–H groups in total. The molecule has 0 spiro atoms. The Morgan fingerprint density at radius 1 is 0.464 bits per heavy atom. The lowest BCUT2D eigenvalue weighted by Gasteiger charge is -2.25. The number of anilines is 6. The number of para-hydroxylation sites is 4. The number of nitrogens with zero attached hydrogens (tertiary/aromatic N) is 4. The van der Waals surface area contributed by atoms with Crippen molar-refractivity contribution in [1.29, 1.82) is 5.26 Å². The summed E-state index contributed by atoms with van der Waals surface area (Å²) in [5.41, 5.74) is 9.14. The molecule has 0 aromatic heterocycles. The Morgan fingerprint density at radius 3 is 1.12 bits per heavy atom. The average molecular weight is 723 g/mol. The number of Topliss-reactive ketones (excluding diaryl/α,β-unsaturated/α-hetero) is 2. The van der Waals surface area contributed by atoms with Crippen LogP contribution in [0, 0.1) is 17.9 Å². The van der Waals surface area contributed by atoms with Gasteiger partial charge in [-0.25, -0.2) is 10.1 Å². The van der Waals surface area contributed by atoms with E-state index in [0.717, 1.165) is 45.3 Å². The summed E-state index contributed by atoms with van der Waals surface area (Å²) in [6, 6.07) is 65.1. The van der Waals surface area contributed by atoms with Crippen molar-refractivity contribution in [1.82, 2.24) is 0 Å². The van der Waals surface area contributed by atoms with Crippen LogP contribution in [-0.4, -0.2) is 11.6 Å². The molecule has 56 heavy (non-hydrogen) atoms. The van der Waals surface area contributed by atoms with Crippen LogP contribution in [0.4, 0.5) is 34.1 Å². The molecule has 0 unspecified atom stereocenters. The first-order valence-electron chi connectivity index (χ1n) is 17.9. The summed E-state index contributed by atoms with van der Waals surface area (Å²) < 4.78 is 0. The van der Waals surface area contributed by atoms with Crippen molar-refractivity contribution in [2.24, 2.45) is 0 Å². The van der Waals surface area contributed by atoms with Crippen LogP contribution in [0.2, 0.25) is 0 Å². The zero-order valence-corrected chi connectivity index (χ0v) is 30.2. The predicted octanol–water partition coefficient (Wildman–Crippen LogP) is 12.6. The van der Waals surface area contributed by atoms with Gasteiger partial charge in [-0.15, -0.1) is 0 Å². The van der Waals surface area contributed by atoms with E-state index in [2.05, 4.69) is 63.2 Å². The van der Waals surface area contributed by atoms with Crippen LogP contribution in [0.5, 0.6) is 0 Å². The van der Waals surface area contributed by atoms with Crippen LogP contribution in [0.3, 0.4) is 0 Å². The number of carbonyl (C=O) groups is 2. The van der Waals surface area contributed by atoms with E-state index < -0.39 is 0 Å². The molecule has 266 valence electrons. The highest BCUT2D eigenvalue weighted by Gasteiger charge is 2.32. The summed E-state index contributed by atoms with van der Waals surface area (Å²) in [5.74, 6) is -0.417. The molecule has 0 aliphatic heterocycles. The SMILES string of the molecule is O=C1C(=Cc2ccc(N(c3ccccc3)c3ccccc3)cc2)C(=O)c2ccccc21.[C-]#[N+]/C(C#N)=C\c1ccc(N(c2ccccc2)c2ccccc2)cc1. The second-order valence-electron chi connectivity index (χ2n) is 12.7. The largest absolute Gasteiger partial charge is 0.311 e. The van der Waals surface area contributed by atoms with Crippen molar-refractivity contribution in [2.75, 3.05) is 9.80 Å². The zero-order valence-electron chi connectivity index (χ0n) is 30.2. The number of fused-ring (bicyclic) bond motifs is 1. The van der Waals surface area contributed by atoms with Crippen LogP contribution >= 0.6 is 0 Å². The first-order chi connectivity index (χ1) is 27.5. The Kier molecular flexibility index (Phi) is 11.1. The minimum Gasteiger partial charge on any atom is -0.311 e. The highest BCUT2D eigenvalue weighted by atomic mass is 16.2. The Hall–Kier alpha value is -8.06. The predicted molar refractivity (Wildman–Crippen MR) is 226 cm³/mol. The molecule has 6 nitrogen and oxygen atoms in total. The molecule has 0 bridgehead atoms. The lowest BCUT2D eigenvalue weighted by molar-refractivity contribution is 0.0990. The summed E-state index contributed by atoms with van der Waals surface area (Å²) in [5, 5.41) is 8.89. The molecule has 1 aliphatic rings. The molecular formula is C50H34N4O2. The second kappa shape index (κ2) is 17.2. The van der Waals surface area contributed by atoms with Crippen LogP contribution in [0.15, 0.2) is 205 Å². The van der Waals surface area contributed by atoms with Crippen molar-refractivity contribution < 1.29 is 9.59 Å². The number of rotatable bonds is 8. The van der Waals surface area contributed by atoms with Gasteiger partial charge in [-0.05, 0) is 96.1 Å². The fourth-order valence-corrected chi connectivity index (χ4v) is 6.46. The molecule has 7 aromatic rings. The third kappa shape index (κ3) is 8.11.